The lowest BCUT2D eigenvalue weighted by atomic mass is 10.1. The summed E-state index contributed by atoms with van der Waals surface area (Å²) in [5.74, 6) is 0.204. The Bertz CT molecular complexity index is 1190. The van der Waals surface area contributed by atoms with E-state index in [1.54, 1.807) is 6.07 Å². The fourth-order valence-electron chi connectivity index (χ4n) is 3.35. The number of hydrogen-bond donors (Lipinski definition) is 0. The number of rotatable bonds is 5. The van der Waals surface area contributed by atoms with Crippen LogP contribution in [0.25, 0.3) is 16.4 Å². The molecule has 0 saturated carbocycles. The number of carbonyl (C=O) groups excluding carboxylic acids is 1. The summed E-state index contributed by atoms with van der Waals surface area (Å²) in [6.07, 6.45) is 1.53. The molecular weight excluding hydrogens is 352 g/mol. The van der Waals surface area contributed by atoms with Gasteiger partial charge < -0.3 is 13.9 Å². The molecule has 0 amide bonds. The SMILES string of the molecule is CC(OC(=O)c1c2ccc(OCC#N)cc2n2ccccc12)c1ccccc1. The monoisotopic (exact) mass is 370 g/mol. The first-order valence-electron chi connectivity index (χ1n) is 8.97. The summed E-state index contributed by atoms with van der Waals surface area (Å²) < 4.78 is 13.1. The molecule has 0 aliphatic heterocycles. The standard InChI is InChI=1S/C23H18N2O3/c1-16(17-7-3-2-4-8-17)28-23(26)22-19-11-10-18(27-14-12-24)15-21(19)25-13-6-5-9-20(22)25/h2-11,13,15-16H,14H2,1H3. The highest BCUT2D eigenvalue weighted by atomic mass is 16.5. The number of aromatic nitrogens is 1. The second-order valence-electron chi connectivity index (χ2n) is 6.41. The van der Waals surface area contributed by atoms with Crippen molar-refractivity contribution < 1.29 is 14.3 Å². The summed E-state index contributed by atoms with van der Waals surface area (Å²) >= 11 is 0. The van der Waals surface area contributed by atoms with E-state index in [4.69, 9.17) is 14.7 Å². The molecule has 1 unspecified atom stereocenters. The van der Waals surface area contributed by atoms with Gasteiger partial charge in [-0.15, -0.1) is 0 Å². The molecule has 2 heterocycles. The number of benzene rings is 2. The zero-order chi connectivity index (χ0) is 19.5. The van der Waals surface area contributed by atoms with Crippen molar-refractivity contribution in [1.29, 1.82) is 5.26 Å². The van der Waals surface area contributed by atoms with E-state index in [0.29, 0.717) is 11.3 Å². The average Bonchev–Trinajstić information content (AvgIpc) is 3.06. The number of nitrogens with zero attached hydrogens (tertiary/aromatic N) is 2. The molecule has 0 N–H and O–H groups in total. The van der Waals surface area contributed by atoms with E-state index in [0.717, 1.165) is 22.0 Å². The second kappa shape index (κ2) is 7.45. The van der Waals surface area contributed by atoms with Crippen LogP contribution in [0.2, 0.25) is 0 Å². The summed E-state index contributed by atoms with van der Waals surface area (Å²) in [6, 6.07) is 22.7. The molecule has 28 heavy (non-hydrogen) atoms. The molecule has 0 radical (unpaired) electrons. The van der Waals surface area contributed by atoms with Crippen molar-refractivity contribution in [1.82, 2.24) is 4.40 Å². The Balaban J connectivity index is 1.77. The predicted molar refractivity (Wildman–Crippen MR) is 106 cm³/mol. The summed E-state index contributed by atoms with van der Waals surface area (Å²) in [5.41, 5.74) is 3.05. The Morgan fingerprint density at radius 2 is 1.86 bits per heavy atom. The van der Waals surface area contributed by atoms with Gasteiger partial charge in [0.05, 0.1) is 16.6 Å². The van der Waals surface area contributed by atoms with Crippen LogP contribution in [0.1, 0.15) is 28.9 Å². The Morgan fingerprint density at radius 1 is 1.07 bits per heavy atom. The Morgan fingerprint density at radius 3 is 2.64 bits per heavy atom. The maximum absolute atomic E-state index is 13.1. The van der Waals surface area contributed by atoms with Gasteiger partial charge in [-0.1, -0.05) is 36.4 Å². The maximum atomic E-state index is 13.1. The normalized spacial score (nSPS) is 11.9. The zero-order valence-electron chi connectivity index (χ0n) is 15.3. The second-order valence-corrected chi connectivity index (χ2v) is 6.41. The van der Waals surface area contributed by atoms with E-state index in [2.05, 4.69) is 0 Å². The summed E-state index contributed by atoms with van der Waals surface area (Å²) in [6.45, 7) is 1.83. The topological polar surface area (TPSA) is 63.7 Å². The van der Waals surface area contributed by atoms with Gasteiger partial charge in [0, 0.05) is 17.6 Å². The van der Waals surface area contributed by atoms with Crippen molar-refractivity contribution in [3.63, 3.8) is 0 Å². The summed E-state index contributed by atoms with van der Waals surface area (Å²) in [4.78, 5) is 13.1. The molecule has 5 heteroatoms. The van der Waals surface area contributed by atoms with E-state index in [1.807, 2.05) is 84.3 Å². The Hall–Kier alpha value is -3.78. The van der Waals surface area contributed by atoms with Gasteiger partial charge in [-0.3, -0.25) is 0 Å². The Labute approximate surface area is 162 Å². The van der Waals surface area contributed by atoms with Gasteiger partial charge in [0.2, 0.25) is 0 Å². The number of pyridine rings is 1. The summed E-state index contributed by atoms with van der Waals surface area (Å²) in [7, 11) is 0. The van der Waals surface area contributed by atoms with E-state index in [-0.39, 0.29) is 18.7 Å². The van der Waals surface area contributed by atoms with E-state index in [9.17, 15) is 4.79 Å². The zero-order valence-corrected chi connectivity index (χ0v) is 15.3. The third kappa shape index (κ3) is 3.17. The van der Waals surface area contributed by atoms with Crippen LogP contribution >= 0.6 is 0 Å². The lowest BCUT2D eigenvalue weighted by molar-refractivity contribution is 0.0342. The van der Waals surface area contributed by atoms with Gasteiger partial charge in [-0.25, -0.2) is 4.79 Å². The van der Waals surface area contributed by atoms with Crippen molar-refractivity contribution in [3.05, 3.63) is 84.1 Å². The molecule has 1 atom stereocenters. The third-order valence-electron chi connectivity index (χ3n) is 4.67. The van der Waals surface area contributed by atoms with Crippen LogP contribution in [0.3, 0.4) is 0 Å². The average molecular weight is 370 g/mol. The van der Waals surface area contributed by atoms with Crippen molar-refractivity contribution in [2.75, 3.05) is 6.61 Å². The van der Waals surface area contributed by atoms with Crippen molar-refractivity contribution in [2.24, 2.45) is 0 Å². The first-order valence-corrected chi connectivity index (χ1v) is 8.97. The fourth-order valence-corrected chi connectivity index (χ4v) is 3.35. The minimum Gasteiger partial charge on any atom is -0.479 e. The molecule has 0 aliphatic carbocycles. The molecule has 5 nitrogen and oxygen atoms in total. The van der Waals surface area contributed by atoms with Crippen LogP contribution in [0.15, 0.2) is 72.9 Å². The first kappa shape index (κ1) is 17.6. The number of hydrogen-bond acceptors (Lipinski definition) is 4. The van der Waals surface area contributed by atoms with Crippen LogP contribution < -0.4 is 4.74 Å². The van der Waals surface area contributed by atoms with E-state index >= 15 is 0 Å². The largest absolute Gasteiger partial charge is 0.479 e. The lowest BCUT2D eigenvalue weighted by Crippen LogP contribution is -2.09. The lowest BCUT2D eigenvalue weighted by Gasteiger charge is -2.13. The van der Waals surface area contributed by atoms with Gasteiger partial charge in [0.15, 0.2) is 6.61 Å². The fraction of sp³-hybridized carbons (Fsp3) is 0.130. The third-order valence-corrected chi connectivity index (χ3v) is 4.67. The number of fused-ring (bicyclic) bond motifs is 3. The van der Waals surface area contributed by atoms with Crippen LogP contribution in [-0.4, -0.2) is 17.0 Å². The molecule has 4 aromatic rings. The highest BCUT2D eigenvalue weighted by molar-refractivity contribution is 6.12. The molecule has 138 valence electrons. The molecule has 0 spiro atoms. The molecule has 4 rings (SSSR count). The molecule has 0 saturated heterocycles. The molecule has 0 fully saturated rings. The van der Waals surface area contributed by atoms with E-state index in [1.165, 1.54) is 0 Å². The molecule has 2 aromatic carbocycles. The van der Waals surface area contributed by atoms with Crippen LogP contribution in [-0.2, 0) is 4.74 Å². The van der Waals surface area contributed by atoms with Crippen LogP contribution in [0.4, 0.5) is 0 Å². The predicted octanol–water partition coefficient (Wildman–Crippen LogP) is 4.91. The minimum absolute atomic E-state index is 0.0295. The Kier molecular flexibility index (Phi) is 4.69. The van der Waals surface area contributed by atoms with Crippen LogP contribution in [0.5, 0.6) is 5.75 Å². The number of nitriles is 1. The van der Waals surface area contributed by atoms with Gasteiger partial charge in [0.1, 0.15) is 17.9 Å². The van der Waals surface area contributed by atoms with Gasteiger partial charge in [-0.2, -0.15) is 5.26 Å². The highest BCUT2D eigenvalue weighted by Gasteiger charge is 2.22. The van der Waals surface area contributed by atoms with Crippen molar-refractivity contribution in [2.45, 2.75) is 13.0 Å². The van der Waals surface area contributed by atoms with Gasteiger partial charge >= 0.3 is 5.97 Å². The van der Waals surface area contributed by atoms with Crippen molar-refractivity contribution in [3.8, 4) is 11.8 Å². The quantitative estimate of drug-likeness (QED) is 0.468. The summed E-state index contributed by atoms with van der Waals surface area (Å²) in [5, 5.41) is 9.50. The molecular formula is C23H18N2O3. The van der Waals surface area contributed by atoms with Crippen molar-refractivity contribution >= 4 is 22.4 Å². The maximum Gasteiger partial charge on any atom is 0.341 e. The molecule has 2 aromatic heterocycles. The highest BCUT2D eigenvalue weighted by Crippen LogP contribution is 2.31. The smallest absolute Gasteiger partial charge is 0.341 e. The molecule has 0 aliphatic rings. The van der Waals surface area contributed by atoms with E-state index < -0.39 is 0 Å². The van der Waals surface area contributed by atoms with Gasteiger partial charge in [-0.05, 0) is 36.8 Å². The number of esters is 1. The first-order chi connectivity index (χ1) is 13.7. The molecule has 0 bridgehead atoms. The number of ether oxygens (including phenoxy) is 2. The van der Waals surface area contributed by atoms with Gasteiger partial charge in [0.25, 0.3) is 0 Å². The number of carbonyl (C=O) groups is 1. The van der Waals surface area contributed by atoms with Crippen LogP contribution in [0, 0.1) is 11.3 Å². The minimum atomic E-state index is -0.374.